The first-order valence-electron chi connectivity index (χ1n) is 13.1. The van der Waals surface area contributed by atoms with Crippen molar-refractivity contribution in [3.05, 3.63) is 93.6 Å². The van der Waals surface area contributed by atoms with Gasteiger partial charge in [0.25, 0.3) is 10.0 Å². The molecule has 7 nitrogen and oxygen atoms in total. The molecule has 3 aromatic carbocycles. The number of benzene rings is 3. The summed E-state index contributed by atoms with van der Waals surface area (Å²) in [6, 6.07) is 22.2. The summed E-state index contributed by atoms with van der Waals surface area (Å²) in [6.07, 6.45) is 4.02. The van der Waals surface area contributed by atoms with Crippen molar-refractivity contribution in [3.8, 4) is 0 Å². The van der Waals surface area contributed by atoms with E-state index < -0.39 is 28.5 Å². The van der Waals surface area contributed by atoms with E-state index in [0.717, 1.165) is 44.7 Å². The van der Waals surface area contributed by atoms with Crippen molar-refractivity contribution in [2.75, 3.05) is 10.8 Å². The third-order valence-electron chi connectivity index (χ3n) is 7.03. The summed E-state index contributed by atoms with van der Waals surface area (Å²) in [5.41, 5.74) is 2.29. The van der Waals surface area contributed by atoms with Crippen LogP contribution in [-0.2, 0) is 26.2 Å². The molecule has 4 rings (SSSR count). The number of carbonyl (C=O) groups excluding carboxylic acids is 2. The Bertz CT molecular complexity index is 1390. The number of carbonyl (C=O) groups is 2. The second-order valence-electron chi connectivity index (χ2n) is 9.98. The lowest BCUT2D eigenvalue weighted by molar-refractivity contribution is -0.139. The molecule has 2 amide bonds. The van der Waals surface area contributed by atoms with E-state index in [2.05, 4.69) is 27.9 Å². The molecule has 0 heterocycles. The smallest absolute Gasteiger partial charge is 0.264 e. The van der Waals surface area contributed by atoms with Crippen LogP contribution in [0.3, 0.4) is 0 Å². The van der Waals surface area contributed by atoms with Crippen LogP contribution in [0.1, 0.15) is 43.7 Å². The van der Waals surface area contributed by atoms with E-state index in [1.807, 2.05) is 31.2 Å². The summed E-state index contributed by atoms with van der Waals surface area (Å²) in [5.74, 6) is -0.682. The zero-order valence-electron chi connectivity index (χ0n) is 22.2. The van der Waals surface area contributed by atoms with Crippen molar-refractivity contribution >= 4 is 50.1 Å². The highest BCUT2D eigenvalue weighted by molar-refractivity contribution is 14.1. The number of nitrogens with zero attached hydrogens (tertiary/aromatic N) is 2. The molecule has 9 heteroatoms. The highest BCUT2D eigenvalue weighted by Gasteiger charge is 2.33. The van der Waals surface area contributed by atoms with E-state index in [1.165, 1.54) is 17.0 Å². The molecule has 1 fully saturated rings. The number of aryl methyl sites for hydroxylation is 1. The van der Waals surface area contributed by atoms with E-state index in [9.17, 15) is 18.0 Å². The highest BCUT2D eigenvalue weighted by Crippen LogP contribution is 2.25. The van der Waals surface area contributed by atoms with Gasteiger partial charge in [-0.15, -0.1) is 0 Å². The van der Waals surface area contributed by atoms with Crippen molar-refractivity contribution in [3.63, 3.8) is 0 Å². The number of anilines is 1. The molecule has 1 aliphatic rings. The molecule has 0 radical (unpaired) electrons. The largest absolute Gasteiger partial charge is 0.352 e. The summed E-state index contributed by atoms with van der Waals surface area (Å²) in [7, 11) is -4.06. The van der Waals surface area contributed by atoms with Gasteiger partial charge in [0, 0.05) is 16.2 Å². The molecule has 0 aromatic heterocycles. The molecule has 0 bridgehead atoms. The van der Waals surface area contributed by atoms with Crippen LogP contribution in [0.5, 0.6) is 0 Å². The van der Waals surface area contributed by atoms with Crippen molar-refractivity contribution in [2.24, 2.45) is 0 Å². The van der Waals surface area contributed by atoms with Gasteiger partial charge in [-0.3, -0.25) is 13.9 Å². The molecule has 1 N–H and O–H groups in total. The van der Waals surface area contributed by atoms with Crippen molar-refractivity contribution in [1.29, 1.82) is 0 Å². The molecule has 3 aromatic rings. The monoisotopic (exact) mass is 659 g/mol. The fraction of sp³-hybridized carbons (Fsp3) is 0.333. The SMILES string of the molecule is Cc1cccc(CN(C(=O)CN(c2ccc(I)cc2)S(=O)(=O)c2ccccc2)[C@@H](C)C(=O)NC2CCCC2)c1. The van der Waals surface area contributed by atoms with Crippen LogP contribution in [0, 0.1) is 10.5 Å². The van der Waals surface area contributed by atoms with Gasteiger partial charge < -0.3 is 10.2 Å². The molecular weight excluding hydrogens is 625 g/mol. The molecule has 1 atom stereocenters. The third kappa shape index (κ3) is 7.39. The van der Waals surface area contributed by atoms with Gasteiger partial charge in [-0.05, 0) is 91.2 Å². The number of rotatable bonds is 10. The minimum atomic E-state index is -4.06. The maximum Gasteiger partial charge on any atom is 0.264 e. The van der Waals surface area contributed by atoms with Gasteiger partial charge >= 0.3 is 0 Å². The topological polar surface area (TPSA) is 86.8 Å². The van der Waals surface area contributed by atoms with Gasteiger partial charge in [0.1, 0.15) is 12.6 Å². The van der Waals surface area contributed by atoms with Gasteiger partial charge in [-0.25, -0.2) is 8.42 Å². The number of sulfonamides is 1. The van der Waals surface area contributed by atoms with Crippen molar-refractivity contribution in [1.82, 2.24) is 10.2 Å². The number of halogens is 1. The van der Waals surface area contributed by atoms with Crippen LogP contribution in [0.4, 0.5) is 5.69 Å². The van der Waals surface area contributed by atoms with Gasteiger partial charge in [0.05, 0.1) is 10.6 Å². The van der Waals surface area contributed by atoms with Gasteiger partial charge in [0.2, 0.25) is 11.8 Å². The van der Waals surface area contributed by atoms with E-state index >= 15 is 0 Å². The van der Waals surface area contributed by atoms with E-state index in [0.29, 0.717) is 5.69 Å². The number of nitrogens with one attached hydrogen (secondary N) is 1. The lowest BCUT2D eigenvalue weighted by Gasteiger charge is -2.32. The van der Waals surface area contributed by atoms with Crippen LogP contribution >= 0.6 is 22.6 Å². The average molecular weight is 660 g/mol. The maximum absolute atomic E-state index is 14.0. The van der Waals surface area contributed by atoms with Crippen LogP contribution in [0.2, 0.25) is 0 Å². The Morgan fingerprint density at radius 1 is 0.974 bits per heavy atom. The Balaban J connectivity index is 1.67. The van der Waals surface area contributed by atoms with Crippen molar-refractivity contribution in [2.45, 2.75) is 63.1 Å². The standard InChI is InChI=1S/C30H34IN3O4S/c1-22-9-8-10-24(19-22)20-33(23(2)30(36)32-26-11-6-7-12-26)29(35)21-34(27-17-15-25(31)16-18-27)39(37,38)28-13-4-3-5-14-28/h3-5,8-10,13-19,23,26H,6-7,11-12,20-21H2,1-2H3,(H,32,36)/t23-/m0/s1. The third-order valence-corrected chi connectivity index (χ3v) is 9.54. The minimum absolute atomic E-state index is 0.0913. The molecule has 0 spiro atoms. The lowest BCUT2D eigenvalue weighted by atomic mass is 10.1. The molecule has 206 valence electrons. The quantitative estimate of drug-likeness (QED) is 0.301. The second-order valence-corrected chi connectivity index (χ2v) is 13.1. The Kier molecular flexibility index (Phi) is 9.66. The minimum Gasteiger partial charge on any atom is -0.352 e. The predicted octanol–water partition coefficient (Wildman–Crippen LogP) is 5.27. The summed E-state index contributed by atoms with van der Waals surface area (Å²) in [6.45, 7) is 3.42. The zero-order chi connectivity index (χ0) is 28.0. The van der Waals surface area contributed by atoms with Gasteiger partial charge in [-0.1, -0.05) is 60.9 Å². The zero-order valence-corrected chi connectivity index (χ0v) is 25.2. The summed E-state index contributed by atoms with van der Waals surface area (Å²) < 4.78 is 29.6. The number of amides is 2. The molecule has 39 heavy (non-hydrogen) atoms. The van der Waals surface area contributed by atoms with Gasteiger partial charge in [-0.2, -0.15) is 0 Å². The van der Waals surface area contributed by atoms with E-state index in [1.54, 1.807) is 49.4 Å². The summed E-state index contributed by atoms with van der Waals surface area (Å²) in [5, 5.41) is 3.09. The second kappa shape index (κ2) is 13.0. The van der Waals surface area contributed by atoms with E-state index in [4.69, 9.17) is 0 Å². The Morgan fingerprint density at radius 3 is 2.28 bits per heavy atom. The maximum atomic E-state index is 14.0. The Labute approximate surface area is 244 Å². The summed E-state index contributed by atoms with van der Waals surface area (Å²) in [4.78, 5) is 28.8. The fourth-order valence-corrected chi connectivity index (χ4v) is 6.63. The molecule has 0 saturated heterocycles. The Morgan fingerprint density at radius 2 is 1.64 bits per heavy atom. The van der Waals surface area contributed by atoms with Crippen LogP contribution in [-0.4, -0.2) is 43.8 Å². The van der Waals surface area contributed by atoms with Crippen molar-refractivity contribution < 1.29 is 18.0 Å². The molecule has 1 aliphatic carbocycles. The highest BCUT2D eigenvalue weighted by atomic mass is 127. The van der Waals surface area contributed by atoms with Crippen LogP contribution in [0.15, 0.2) is 83.8 Å². The molecule has 1 saturated carbocycles. The number of hydrogen-bond acceptors (Lipinski definition) is 4. The predicted molar refractivity (Wildman–Crippen MR) is 162 cm³/mol. The number of hydrogen-bond donors (Lipinski definition) is 1. The van der Waals surface area contributed by atoms with Gasteiger partial charge in [0.15, 0.2) is 0 Å². The first-order chi connectivity index (χ1) is 18.6. The van der Waals surface area contributed by atoms with E-state index in [-0.39, 0.29) is 23.4 Å². The summed E-state index contributed by atoms with van der Waals surface area (Å²) >= 11 is 2.15. The normalized spacial score (nSPS) is 14.5. The molecular formula is C30H34IN3O4S. The molecule has 0 aliphatic heterocycles. The first kappa shape index (κ1) is 29.1. The molecule has 0 unspecified atom stereocenters. The lowest BCUT2D eigenvalue weighted by Crippen LogP contribution is -2.52. The fourth-order valence-electron chi connectivity index (χ4n) is 4.84. The van der Waals surface area contributed by atoms with Crippen LogP contribution in [0.25, 0.3) is 0 Å². The first-order valence-corrected chi connectivity index (χ1v) is 15.7. The Hall–Kier alpha value is -2.92. The average Bonchev–Trinajstić information content (AvgIpc) is 3.44. The van der Waals surface area contributed by atoms with Crippen LogP contribution < -0.4 is 9.62 Å².